The molecule has 1 aromatic rings. The number of nitrogens with zero attached hydrogens (tertiary/aromatic N) is 2. The molecule has 1 aliphatic carbocycles. The molecule has 1 N–H and O–H groups in total. The van der Waals surface area contributed by atoms with Gasteiger partial charge in [-0.25, -0.2) is 4.98 Å². The van der Waals surface area contributed by atoms with E-state index in [1.54, 1.807) is 0 Å². The summed E-state index contributed by atoms with van der Waals surface area (Å²) < 4.78 is 0. The number of rotatable bonds is 4. The summed E-state index contributed by atoms with van der Waals surface area (Å²) in [4.78, 5) is 6.46. The second-order valence-corrected chi connectivity index (χ2v) is 5.59. The Labute approximate surface area is 104 Å². The normalized spacial score (nSPS) is 23.4. The average Bonchev–Trinajstić information content (AvgIpc) is 2.22. The van der Waals surface area contributed by atoms with E-state index in [1.165, 1.54) is 12.8 Å². The maximum atomic E-state index is 4.41. The van der Waals surface area contributed by atoms with Crippen LogP contribution >= 0.6 is 0 Å². The molecular formula is C14H23N3. The van der Waals surface area contributed by atoms with Crippen LogP contribution in [0.3, 0.4) is 0 Å². The summed E-state index contributed by atoms with van der Waals surface area (Å²) in [6, 6.07) is 4.74. The first-order chi connectivity index (χ1) is 8.08. The van der Waals surface area contributed by atoms with Gasteiger partial charge in [-0.1, -0.05) is 13.8 Å². The SMILES string of the molecule is CC(C)C1CC(Nc2cccnc2N(C)C)C1. The van der Waals surface area contributed by atoms with Crippen molar-refractivity contribution in [1.29, 1.82) is 0 Å². The van der Waals surface area contributed by atoms with Crippen LogP contribution in [0, 0.1) is 11.8 Å². The third kappa shape index (κ3) is 2.71. The monoisotopic (exact) mass is 233 g/mol. The van der Waals surface area contributed by atoms with Crippen LogP contribution in [0.15, 0.2) is 18.3 Å². The van der Waals surface area contributed by atoms with Crippen molar-refractivity contribution in [3.63, 3.8) is 0 Å². The van der Waals surface area contributed by atoms with Crippen molar-refractivity contribution in [1.82, 2.24) is 4.98 Å². The summed E-state index contributed by atoms with van der Waals surface area (Å²) in [6.07, 6.45) is 4.43. The molecule has 1 aromatic heterocycles. The van der Waals surface area contributed by atoms with Gasteiger partial charge in [0.2, 0.25) is 0 Å². The molecule has 1 saturated carbocycles. The van der Waals surface area contributed by atoms with E-state index < -0.39 is 0 Å². The van der Waals surface area contributed by atoms with Gasteiger partial charge in [-0.3, -0.25) is 0 Å². The maximum absolute atomic E-state index is 4.41. The lowest BCUT2D eigenvalue weighted by Gasteiger charge is -2.39. The van der Waals surface area contributed by atoms with Crippen LogP contribution in [0.25, 0.3) is 0 Å². The van der Waals surface area contributed by atoms with Crippen LogP contribution in [-0.2, 0) is 0 Å². The van der Waals surface area contributed by atoms with Crippen LogP contribution in [0.5, 0.6) is 0 Å². The second kappa shape index (κ2) is 4.94. The van der Waals surface area contributed by atoms with E-state index in [1.807, 2.05) is 26.4 Å². The summed E-state index contributed by atoms with van der Waals surface area (Å²) >= 11 is 0. The third-order valence-electron chi connectivity index (χ3n) is 3.69. The number of aromatic nitrogens is 1. The summed E-state index contributed by atoms with van der Waals surface area (Å²) in [5.41, 5.74) is 1.16. The van der Waals surface area contributed by atoms with Gasteiger partial charge in [-0.15, -0.1) is 0 Å². The molecule has 17 heavy (non-hydrogen) atoms. The van der Waals surface area contributed by atoms with Crippen molar-refractivity contribution < 1.29 is 0 Å². The van der Waals surface area contributed by atoms with Crippen molar-refractivity contribution in [2.24, 2.45) is 11.8 Å². The number of hydrogen-bond donors (Lipinski definition) is 1. The minimum atomic E-state index is 0.630. The minimum Gasteiger partial charge on any atom is -0.379 e. The Balaban J connectivity index is 1.96. The molecule has 3 nitrogen and oxygen atoms in total. The molecule has 2 rings (SSSR count). The molecule has 0 saturated heterocycles. The molecule has 1 fully saturated rings. The van der Waals surface area contributed by atoms with Gasteiger partial charge in [0.15, 0.2) is 5.82 Å². The predicted molar refractivity (Wildman–Crippen MR) is 73.5 cm³/mol. The van der Waals surface area contributed by atoms with Crippen LogP contribution in [-0.4, -0.2) is 25.1 Å². The first kappa shape index (κ1) is 12.2. The zero-order chi connectivity index (χ0) is 12.4. The third-order valence-corrected chi connectivity index (χ3v) is 3.69. The highest BCUT2D eigenvalue weighted by Gasteiger charge is 2.31. The number of hydrogen-bond acceptors (Lipinski definition) is 3. The molecule has 0 spiro atoms. The van der Waals surface area contributed by atoms with Gasteiger partial charge >= 0.3 is 0 Å². The fourth-order valence-electron chi connectivity index (χ4n) is 2.41. The summed E-state index contributed by atoms with van der Waals surface area (Å²) in [6.45, 7) is 4.63. The highest BCUT2D eigenvalue weighted by molar-refractivity contribution is 5.65. The fraction of sp³-hybridized carbons (Fsp3) is 0.643. The zero-order valence-electron chi connectivity index (χ0n) is 11.3. The Morgan fingerprint density at radius 2 is 2.06 bits per heavy atom. The Morgan fingerprint density at radius 3 is 2.65 bits per heavy atom. The lowest BCUT2D eigenvalue weighted by Crippen LogP contribution is -2.38. The summed E-state index contributed by atoms with van der Waals surface area (Å²) in [5.74, 6) is 2.74. The van der Waals surface area contributed by atoms with E-state index in [9.17, 15) is 0 Å². The molecule has 0 unspecified atom stereocenters. The minimum absolute atomic E-state index is 0.630. The Hall–Kier alpha value is -1.25. The van der Waals surface area contributed by atoms with E-state index in [0.717, 1.165) is 23.3 Å². The van der Waals surface area contributed by atoms with Crippen molar-refractivity contribution >= 4 is 11.5 Å². The van der Waals surface area contributed by atoms with E-state index in [4.69, 9.17) is 0 Å². The van der Waals surface area contributed by atoms with Crippen molar-refractivity contribution in [2.45, 2.75) is 32.7 Å². The largest absolute Gasteiger partial charge is 0.379 e. The van der Waals surface area contributed by atoms with Gasteiger partial charge in [0.1, 0.15) is 0 Å². The predicted octanol–water partition coefficient (Wildman–Crippen LogP) is 2.99. The lowest BCUT2D eigenvalue weighted by atomic mass is 9.73. The molecule has 0 bridgehead atoms. The number of anilines is 2. The topological polar surface area (TPSA) is 28.2 Å². The van der Waals surface area contributed by atoms with Gasteiger partial charge in [0.25, 0.3) is 0 Å². The van der Waals surface area contributed by atoms with Gasteiger partial charge in [0.05, 0.1) is 5.69 Å². The summed E-state index contributed by atoms with van der Waals surface area (Å²) in [7, 11) is 4.07. The molecule has 94 valence electrons. The Kier molecular flexibility index (Phi) is 3.55. The van der Waals surface area contributed by atoms with Crippen molar-refractivity contribution in [3.8, 4) is 0 Å². The number of pyridine rings is 1. The number of nitrogens with one attached hydrogen (secondary N) is 1. The molecule has 0 radical (unpaired) electrons. The molecule has 0 amide bonds. The molecule has 1 heterocycles. The van der Waals surface area contributed by atoms with Crippen LogP contribution in [0.4, 0.5) is 11.5 Å². The first-order valence-corrected chi connectivity index (χ1v) is 6.46. The summed E-state index contributed by atoms with van der Waals surface area (Å²) in [5, 5.41) is 3.61. The average molecular weight is 233 g/mol. The van der Waals surface area contributed by atoms with Gasteiger partial charge < -0.3 is 10.2 Å². The van der Waals surface area contributed by atoms with Gasteiger partial charge in [0, 0.05) is 26.3 Å². The van der Waals surface area contributed by atoms with E-state index in [2.05, 4.69) is 35.1 Å². The Bertz CT molecular complexity index is 367. The van der Waals surface area contributed by atoms with E-state index in [0.29, 0.717) is 6.04 Å². The maximum Gasteiger partial charge on any atom is 0.151 e. The van der Waals surface area contributed by atoms with Crippen LogP contribution in [0.2, 0.25) is 0 Å². The van der Waals surface area contributed by atoms with Gasteiger partial charge in [-0.2, -0.15) is 0 Å². The molecular weight excluding hydrogens is 210 g/mol. The Morgan fingerprint density at radius 1 is 1.35 bits per heavy atom. The van der Waals surface area contributed by atoms with E-state index in [-0.39, 0.29) is 0 Å². The van der Waals surface area contributed by atoms with Crippen LogP contribution in [0.1, 0.15) is 26.7 Å². The first-order valence-electron chi connectivity index (χ1n) is 6.46. The second-order valence-electron chi connectivity index (χ2n) is 5.59. The van der Waals surface area contributed by atoms with Crippen LogP contribution < -0.4 is 10.2 Å². The molecule has 0 atom stereocenters. The standard InChI is InChI=1S/C14H23N3/c1-10(2)11-8-12(9-11)16-13-6-5-7-15-14(13)17(3)4/h5-7,10-12,16H,8-9H2,1-4H3. The molecule has 1 aliphatic rings. The highest BCUT2D eigenvalue weighted by atomic mass is 15.2. The van der Waals surface area contributed by atoms with Gasteiger partial charge in [-0.05, 0) is 36.8 Å². The van der Waals surface area contributed by atoms with E-state index >= 15 is 0 Å². The highest BCUT2D eigenvalue weighted by Crippen LogP contribution is 2.36. The quantitative estimate of drug-likeness (QED) is 0.866. The van der Waals surface area contributed by atoms with Crippen molar-refractivity contribution in [3.05, 3.63) is 18.3 Å². The molecule has 3 heteroatoms. The molecule has 0 aromatic carbocycles. The fourth-order valence-corrected chi connectivity index (χ4v) is 2.41. The smallest absolute Gasteiger partial charge is 0.151 e. The molecule has 0 aliphatic heterocycles. The lowest BCUT2D eigenvalue weighted by molar-refractivity contribution is 0.212. The van der Waals surface area contributed by atoms with Crippen molar-refractivity contribution in [2.75, 3.05) is 24.3 Å². The zero-order valence-corrected chi connectivity index (χ0v) is 11.3.